The zero-order chi connectivity index (χ0) is 16.1. The average Bonchev–Trinajstić information content (AvgIpc) is 2.71. The molecule has 0 saturated carbocycles. The molecule has 0 aromatic heterocycles. The van der Waals surface area contributed by atoms with E-state index < -0.39 is 0 Å². The average molecular weight is 324 g/mol. The molecule has 5 nitrogen and oxygen atoms in total. The highest BCUT2D eigenvalue weighted by molar-refractivity contribution is 6.30. The first kappa shape index (κ1) is 16.8. The van der Waals surface area contributed by atoms with Crippen molar-refractivity contribution in [1.29, 1.82) is 0 Å². The van der Waals surface area contributed by atoms with Gasteiger partial charge in [-0.25, -0.2) is 0 Å². The van der Waals surface area contributed by atoms with Gasteiger partial charge >= 0.3 is 0 Å². The Balaban J connectivity index is 1.98. The summed E-state index contributed by atoms with van der Waals surface area (Å²) in [5.41, 5.74) is 6.27. The minimum atomic E-state index is -0.139. The first-order chi connectivity index (χ1) is 10.5. The molecule has 1 fully saturated rings. The monoisotopic (exact) mass is 323 g/mol. The number of carbonyl (C=O) groups is 2. The molecule has 1 unspecified atom stereocenters. The molecule has 0 bridgehead atoms. The summed E-state index contributed by atoms with van der Waals surface area (Å²) in [4.78, 5) is 28.2. The smallest absolute Gasteiger partial charge is 0.253 e. The number of benzene rings is 1. The zero-order valence-electron chi connectivity index (χ0n) is 12.8. The van der Waals surface area contributed by atoms with Crippen molar-refractivity contribution >= 4 is 23.4 Å². The van der Waals surface area contributed by atoms with Gasteiger partial charge in [-0.2, -0.15) is 0 Å². The van der Waals surface area contributed by atoms with E-state index in [-0.39, 0.29) is 17.9 Å². The van der Waals surface area contributed by atoms with Crippen LogP contribution in [0.4, 0.5) is 0 Å². The van der Waals surface area contributed by atoms with Gasteiger partial charge in [0.15, 0.2) is 0 Å². The number of amides is 2. The Kier molecular flexibility index (Phi) is 5.80. The van der Waals surface area contributed by atoms with Gasteiger partial charge in [-0.3, -0.25) is 9.59 Å². The second kappa shape index (κ2) is 7.61. The molecule has 1 heterocycles. The molecular formula is C16H22ClN3O2. The van der Waals surface area contributed by atoms with Crippen LogP contribution in [0.1, 0.15) is 30.1 Å². The van der Waals surface area contributed by atoms with Gasteiger partial charge in [-0.15, -0.1) is 0 Å². The molecule has 0 aliphatic carbocycles. The van der Waals surface area contributed by atoms with E-state index in [1.807, 2.05) is 6.92 Å². The lowest BCUT2D eigenvalue weighted by atomic mass is 10.2. The summed E-state index contributed by atoms with van der Waals surface area (Å²) in [5.74, 6) is 0.0241. The highest BCUT2D eigenvalue weighted by Gasteiger charge is 2.23. The van der Waals surface area contributed by atoms with Gasteiger partial charge in [0.25, 0.3) is 5.91 Å². The van der Waals surface area contributed by atoms with Crippen LogP contribution in [0.2, 0.25) is 5.02 Å². The van der Waals surface area contributed by atoms with Crippen molar-refractivity contribution in [2.75, 3.05) is 26.2 Å². The summed E-state index contributed by atoms with van der Waals surface area (Å²) < 4.78 is 0. The molecule has 1 atom stereocenters. The van der Waals surface area contributed by atoms with Gasteiger partial charge in [0, 0.05) is 49.2 Å². The minimum absolute atomic E-state index is 0.0380. The first-order valence-corrected chi connectivity index (χ1v) is 7.93. The predicted molar refractivity (Wildman–Crippen MR) is 86.8 cm³/mol. The number of hydrogen-bond donors (Lipinski definition) is 1. The van der Waals surface area contributed by atoms with Crippen LogP contribution in [0.5, 0.6) is 0 Å². The number of nitrogens with zero attached hydrogens (tertiary/aromatic N) is 2. The van der Waals surface area contributed by atoms with E-state index in [0.717, 1.165) is 6.42 Å². The third-order valence-corrected chi connectivity index (χ3v) is 3.94. The normalized spacial score (nSPS) is 17.0. The third kappa shape index (κ3) is 4.45. The van der Waals surface area contributed by atoms with Crippen molar-refractivity contribution in [3.8, 4) is 0 Å². The summed E-state index contributed by atoms with van der Waals surface area (Å²) in [6.07, 6.45) is 1.12. The second-order valence-electron chi connectivity index (χ2n) is 5.72. The maximum Gasteiger partial charge on any atom is 0.253 e. The van der Waals surface area contributed by atoms with Crippen LogP contribution in [0.25, 0.3) is 0 Å². The maximum absolute atomic E-state index is 12.5. The van der Waals surface area contributed by atoms with Gasteiger partial charge in [-0.1, -0.05) is 17.7 Å². The molecule has 6 heteroatoms. The highest BCUT2D eigenvalue weighted by Crippen LogP contribution is 2.14. The standard InChI is InChI=1S/C16H22ClN3O2/c1-12(18)10-15(21)19-6-3-7-20(9-8-19)16(22)13-4-2-5-14(17)11-13/h2,4-5,11-12H,3,6-10,18H2,1H3. The molecule has 2 rings (SSSR count). The van der Waals surface area contributed by atoms with Gasteiger partial charge in [-0.05, 0) is 31.5 Å². The van der Waals surface area contributed by atoms with Gasteiger partial charge < -0.3 is 15.5 Å². The van der Waals surface area contributed by atoms with Gasteiger partial charge in [0.05, 0.1) is 0 Å². The fraction of sp³-hybridized carbons (Fsp3) is 0.500. The van der Waals surface area contributed by atoms with Crippen molar-refractivity contribution in [2.24, 2.45) is 5.73 Å². The summed E-state index contributed by atoms with van der Waals surface area (Å²) in [6.45, 7) is 4.23. The Hall–Kier alpha value is -1.59. The van der Waals surface area contributed by atoms with Crippen LogP contribution in [0, 0.1) is 0 Å². The molecule has 0 radical (unpaired) electrons. The van der Waals surface area contributed by atoms with E-state index in [1.165, 1.54) is 0 Å². The lowest BCUT2D eigenvalue weighted by Crippen LogP contribution is -2.39. The molecule has 120 valence electrons. The number of rotatable bonds is 3. The van der Waals surface area contributed by atoms with E-state index >= 15 is 0 Å². The van der Waals surface area contributed by atoms with E-state index in [0.29, 0.717) is 43.2 Å². The minimum Gasteiger partial charge on any atom is -0.341 e. The van der Waals surface area contributed by atoms with Gasteiger partial charge in [0.1, 0.15) is 0 Å². The van der Waals surface area contributed by atoms with Crippen LogP contribution < -0.4 is 5.73 Å². The summed E-state index contributed by atoms with van der Waals surface area (Å²) in [6, 6.07) is 6.81. The van der Waals surface area contributed by atoms with Crippen LogP contribution in [0.15, 0.2) is 24.3 Å². The first-order valence-electron chi connectivity index (χ1n) is 7.55. The quantitative estimate of drug-likeness (QED) is 0.921. The Morgan fingerprint density at radius 3 is 2.59 bits per heavy atom. The van der Waals surface area contributed by atoms with Crippen LogP contribution in [-0.2, 0) is 4.79 Å². The fourth-order valence-electron chi connectivity index (χ4n) is 2.58. The van der Waals surface area contributed by atoms with Gasteiger partial charge in [0.2, 0.25) is 5.91 Å². The van der Waals surface area contributed by atoms with Crippen LogP contribution in [0.3, 0.4) is 0 Å². The molecule has 1 aromatic rings. The number of nitrogens with two attached hydrogens (primary N) is 1. The van der Waals surface area contributed by atoms with E-state index in [9.17, 15) is 9.59 Å². The van der Waals surface area contributed by atoms with Crippen molar-refractivity contribution < 1.29 is 9.59 Å². The van der Waals surface area contributed by atoms with Crippen molar-refractivity contribution in [3.05, 3.63) is 34.9 Å². The Bertz CT molecular complexity index is 548. The molecule has 2 N–H and O–H groups in total. The number of carbonyl (C=O) groups excluding carboxylic acids is 2. The zero-order valence-corrected chi connectivity index (χ0v) is 13.6. The molecule has 0 spiro atoms. The largest absolute Gasteiger partial charge is 0.341 e. The fourth-order valence-corrected chi connectivity index (χ4v) is 2.77. The molecule has 1 aromatic carbocycles. The highest BCUT2D eigenvalue weighted by atomic mass is 35.5. The molecule has 2 amide bonds. The Morgan fingerprint density at radius 1 is 1.23 bits per heavy atom. The Labute approximate surface area is 136 Å². The van der Waals surface area contributed by atoms with Crippen molar-refractivity contribution in [1.82, 2.24) is 9.80 Å². The number of hydrogen-bond acceptors (Lipinski definition) is 3. The summed E-state index contributed by atoms with van der Waals surface area (Å²) in [7, 11) is 0. The molecule has 1 aliphatic heterocycles. The maximum atomic E-state index is 12.5. The molecule has 1 aliphatic rings. The molecule has 22 heavy (non-hydrogen) atoms. The van der Waals surface area contributed by atoms with E-state index in [4.69, 9.17) is 17.3 Å². The lowest BCUT2D eigenvalue weighted by Gasteiger charge is -2.23. The third-order valence-electron chi connectivity index (χ3n) is 3.70. The van der Waals surface area contributed by atoms with Crippen molar-refractivity contribution in [2.45, 2.75) is 25.8 Å². The SMILES string of the molecule is CC(N)CC(=O)N1CCCN(C(=O)c2cccc(Cl)c2)CC1. The molecule has 1 saturated heterocycles. The topological polar surface area (TPSA) is 66.6 Å². The summed E-state index contributed by atoms with van der Waals surface area (Å²) >= 11 is 5.94. The van der Waals surface area contributed by atoms with Crippen molar-refractivity contribution in [3.63, 3.8) is 0 Å². The molecular weight excluding hydrogens is 302 g/mol. The van der Waals surface area contributed by atoms with E-state index in [1.54, 1.807) is 34.1 Å². The predicted octanol–water partition coefficient (Wildman–Crippen LogP) is 1.75. The summed E-state index contributed by atoms with van der Waals surface area (Å²) in [5, 5.41) is 0.550. The Morgan fingerprint density at radius 2 is 1.91 bits per heavy atom. The van der Waals surface area contributed by atoms with Crippen LogP contribution >= 0.6 is 11.6 Å². The lowest BCUT2D eigenvalue weighted by molar-refractivity contribution is -0.131. The number of halogens is 1. The van der Waals surface area contributed by atoms with Crippen LogP contribution in [-0.4, -0.2) is 53.8 Å². The van der Waals surface area contributed by atoms with E-state index in [2.05, 4.69) is 0 Å². The second-order valence-corrected chi connectivity index (χ2v) is 6.15.